The molecule has 1 aromatic carbocycles. The third-order valence-corrected chi connectivity index (χ3v) is 3.42. The van der Waals surface area contributed by atoms with E-state index in [-0.39, 0.29) is 29.4 Å². The molecule has 1 fully saturated rings. The van der Waals surface area contributed by atoms with Gasteiger partial charge in [-0.25, -0.2) is 0 Å². The monoisotopic (exact) mass is 250 g/mol. The molecule has 1 aliphatic heterocycles. The van der Waals surface area contributed by atoms with E-state index in [1.807, 2.05) is 6.92 Å². The van der Waals surface area contributed by atoms with Crippen LogP contribution in [0.1, 0.15) is 23.7 Å². The van der Waals surface area contributed by atoms with Crippen LogP contribution in [0, 0.1) is 5.92 Å². The van der Waals surface area contributed by atoms with Crippen molar-refractivity contribution in [3.63, 3.8) is 0 Å². The number of benzene rings is 1. The number of likely N-dealkylation sites (tertiary alicyclic amines) is 1. The number of carbonyl (C=O) groups is 1. The van der Waals surface area contributed by atoms with Crippen LogP contribution in [-0.2, 0) is 0 Å². The van der Waals surface area contributed by atoms with E-state index in [0.29, 0.717) is 25.1 Å². The molecule has 1 aliphatic rings. The summed E-state index contributed by atoms with van der Waals surface area (Å²) in [7, 11) is 0. The Bertz CT molecular complexity index is 462. The van der Waals surface area contributed by atoms with Crippen molar-refractivity contribution in [2.45, 2.75) is 19.4 Å². The maximum absolute atomic E-state index is 12.2. The zero-order valence-corrected chi connectivity index (χ0v) is 10.3. The van der Waals surface area contributed by atoms with Gasteiger partial charge in [-0.3, -0.25) is 4.79 Å². The average molecular weight is 250 g/mol. The van der Waals surface area contributed by atoms with Crippen molar-refractivity contribution in [1.82, 2.24) is 4.90 Å². The largest absolute Gasteiger partial charge is 0.506 e. The van der Waals surface area contributed by atoms with Gasteiger partial charge in [-0.1, -0.05) is 6.92 Å². The van der Waals surface area contributed by atoms with Gasteiger partial charge in [0.25, 0.3) is 5.91 Å². The number of amides is 1. The molecule has 1 heterocycles. The Morgan fingerprint density at radius 1 is 1.50 bits per heavy atom. The normalized spacial score (nSPS) is 24.0. The Morgan fingerprint density at radius 2 is 2.22 bits per heavy atom. The minimum Gasteiger partial charge on any atom is -0.506 e. The van der Waals surface area contributed by atoms with Gasteiger partial charge in [0.15, 0.2) is 0 Å². The summed E-state index contributed by atoms with van der Waals surface area (Å²) >= 11 is 0. The van der Waals surface area contributed by atoms with Gasteiger partial charge in [0.1, 0.15) is 5.75 Å². The van der Waals surface area contributed by atoms with Crippen molar-refractivity contribution in [2.75, 3.05) is 18.8 Å². The number of nitrogens with two attached hydrogens (primary N) is 1. The standard InChI is InChI=1S/C13H18N2O3/c1-8-7-15(5-4-11(8)16)13(18)9-2-3-10(14)12(17)6-9/h2-3,6,8,11,16-17H,4-5,7,14H2,1H3. The minimum atomic E-state index is -0.339. The Kier molecular flexibility index (Phi) is 3.43. The van der Waals surface area contributed by atoms with Crippen LogP contribution in [0.2, 0.25) is 0 Å². The van der Waals surface area contributed by atoms with E-state index in [1.54, 1.807) is 11.0 Å². The van der Waals surface area contributed by atoms with Gasteiger partial charge < -0.3 is 20.8 Å². The van der Waals surface area contributed by atoms with Gasteiger partial charge in [-0.15, -0.1) is 0 Å². The molecular formula is C13H18N2O3. The van der Waals surface area contributed by atoms with Crippen LogP contribution in [-0.4, -0.2) is 40.2 Å². The number of anilines is 1. The Hall–Kier alpha value is -1.75. The van der Waals surface area contributed by atoms with Crippen LogP contribution >= 0.6 is 0 Å². The molecule has 5 heteroatoms. The van der Waals surface area contributed by atoms with Gasteiger partial charge in [-0.05, 0) is 30.5 Å². The molecule has 1 amide bonds. The lowest BCUT2D eigenvalue weighted by Crippen LogP contribution is -2.44. The summed E-state index contributed by atoms with van der Waals surface area (Å²) in [6.07, 6.45) is 0.252. The number of phenols is 1. The first-order valence-corrected chi connectivity index (χ1v) is 6.05. The predicted molar refractivity (Wildman–Crippen MR) is 68.2 cm³/mol. The van der Waals surface area contributed by atoms with Crippen molar-refractivity contribution in [2.24, 2.45) is 5.92 Å². The molecule has 0 radical (unpaired) electrons. The van der Waals surface area contributed by atoms with Gasteiger partial charge in [-0.2, -0.15) is 0 Å². The molecule has 4 N–H and O–H groups in total. The van der Waals surface area contributed by atoms with Gasteiger partial charge in [0, 0.05) is 18.7 Å². The third kappa shape index (κ3) is 2.41. The number of phenolic OH excluding ortho intramolecular Hbond substituents is 1. The number of nitrogen functional groups attached to an aromatic ring is 1. The second-order valence-corrected chi connectivity index (χ2v) is 4.86. The average Bonchev–Trinajstić information content (AvgIpc) is 2.35. The van der Waals surface area contributed by atoms with E-state index in [0.717, 1.165) is 0 Å². The molecule has 1 aromatic rings. The summed E-state index contributed by atoms with van der Waals surface area (Å²) in [5.74, 6) is -0.139. The molecule has 0 spiro atoms. The molecule has 0 aliphatic carbocycles. The summed E-state index contributed by atoms with van der Waals surface area (Å²) in [6.45, 7) is 2.99. The Morgan fingerprint density at radius 3 is 2.83 bits per heavy atom. The lowest BCUT2D eigenvalue weighted by Gasteiger charge is -2.34. The molecule has 2 rings (SSSR count). The van der Waals surface area contributed by atoms with Gasteiger partial charge >= 0.3 is 0 Å². The molecule has 2 unspecified atom stereocenters. The molecule has 18 heavy (non-hydrogen) atoms. The topological polar surface area (TPSA) is 86.8 Å². The SMILES string of the molecule is CC1CN(C(=O)c2ccc(N)c(O)c2)CCC1O. The summed E-state index contributed by atoms with van der Waals surface area (Å²) in [5, 5.41) is 19.1. The van der Waals surface area contributed by atoms with E-state index < -0.39 is 0 Å². The van der Waals surface area contributed by atoms with Crippen LogP contribution < -0.4 is 5.73 Å². The number of carbonyl (C=O) groups excluding carboxylic acids is 1. The number of nitrogens with zero attached hydrogens (tertiary/aromatic N) is 1. The Labute approximate surface area is 106 Å². The van der Waals surface area contributed by atoms with E-state index in [4.69, 9.17) is 5.73 Å². The molecule has 0 aromatic heterocycles. The van der Waals surface area contributed by atoms with Gasteiger partial charge in [0.2, 0.25) is 0 Å². The van der Waals surface area contributed by atoms with Crippen molar-refractivity contribution in [3.05, 3.63) is 23.8 Å². The predicted octanol–water partition coefficient (Wildman–Crippen LogP) is 0.817. The van der Waals surface area contributed by atoms with E-state index in [1.165, 1.54) is 12.1 Å². The third-order valence-electron chi connectivity index (χ3n) is 3.42. The summed E-state index contributed by atoms with van der Waals surface area (Å²) in [5.41, 5.74) is 6.18. The molecule has 0 saturated carbocycles. The number of aliphatic hydroxyl groups is 1. The lowest BCUT2D eigenvalue weighted by atomic mass is 9.96. The molecule has 0 bridgehead atoms. The van der Waals surface area contributed by atoms with Crippen LogP contribution in [0.15, 0.2) is 18.2 Å². The first kappa shape index (κ1) is 12.7. The molecule has 98 valence electrons. The molecule has 2 atom stereocenters. The highest BCUT2D eigenvalue weighted by molar-refractivity contribution is 5.95. The highest BCUT2D eigenvalue weighted by atomic mass is 16.3. The zero-order valence-electron chi connectivity index (χ0n) is 10.3. The molecular weight excluding hydrogens is 232 g/mol. The van der Waals surface area contributed by atoms with E-state index in [9.17, 15) is 15.0 Å². The fourth-order valence-corrected chi connectivity index (χ4v) is 2.18. The van der Waals surface area contributed by atoms with Crippen molar-refractivity contribution >= 4 is 11.6 Å². The first-order chi connectivity index (χ1) is 8.49. The zero-order chi connectivity index (χ0) is 13.3. The minimum absolute atomic E-state index is 0.0741. The first-order valence-electron chi connectivity index (χ1n) is 6.05. The fourth-order valence-electron chi connectivity index (χ4n) is 2.18. The van der Waals surface area contributed by atoms with Gasteiger partial charge in [0.05, 0.1) is 11.8 Å². The number of aliphatic hydroxyl groups excluding tert-OH is 1. The summed E-state index contributed by atoms with van der Waals surface area (Å²) in [4.78, 5) is 13.9. The number of rotatable bonds is 1. The second kappa shape index (κ2) is 4.86. The highest BCUT2D eigenvalue weighted by Gasteiger charge is 2.27. The molecule has 5 nitrogen and oxygen atoms in total. The maximum atomic E-state index is 12.2. The number of hydrogen-bond acceptors (Lipinski definition) is 4. The smallest absolute Gasteiger partial charge is 0.254 e. The quantitative estimate of drug-likeness (QED) is 0.508. The fraction of sp³-hybridized carbons (Fsp3) is 0.462. The van der Waals surface area contributed by atoms with Crippen LogP contribution in [0.5, 0.6) is 5.75 Å². The van der Waals surface area contributed by atoms with Crippen molar-refractivity contribution in [3.8, 4) is 5.75 Å². The Balaban J connectivity index is 2.14. The van der Waals surface area contributed by atoms with Crippen molar-refractivity contribution in [1.29, 1.82) is 0 Å². The number of hydrogen-bond donors (Lipinski definition) is 3. The maximum Gasteiger partial charge on any atom is 0.254 e. The van der Waals surface area contributed by atoms with E-state index >= 15 is 0 Å². The summed E-state index contributed by atoms with van der Waals surface area (Å²) in [6, 6.07) is 4.51. The summed E-state index contributed by atoms with van der Waals surface area (Å²) < 4.78 is 0. The second-order valence-electron chi connectivity index (χ2n) is 4.86. The number of aromatic hydroxyl groups is 1. The van der Waals surface area contributed by atoms with Crippen molar-refractivity contribution < 1.29 is 15.0 Å². The molecule has 1 saturated heterocycles. The van der Waals surface area contributed by atoms with E-state index in [2.05, 4.69) is 0 Å². The number of piperidine rings is 1. The van der Waals surface area contributed by atoms with Crippen LogP contribution in [0.25, 0.3) is 0 Å². The highest BCUT2D eigenvalue weighted by Crippen LogP contribution is 2.23. The lowest BCUT2D eigenvalue weighted by molar-refractivity contribution is 0.0297. The van der Waals surface area contributed by atoms with Crippen LogP contribution in [0.3, 0.4) is 0 Å². The van der Waals surface area contributed by atoms with Crippen LogP contribution in [0.4, 0.5) is 5.69 Å².